The Morgan fingerprint density at radius 2 is 0.847 bits per heavy atom. The van der Waals surface area contributed by atoms with Gasteiger partial charge in [-0.2, -0.15) is 5.26 Å². The lowest BCUT2D eigenvalue weighted by Gasteiger charge is -2.17. The van der Waals surface area contributed by atoms with Crippen molar-refractivity contribution in [3.8, 4) is 45.1 Å². The van der Waals surface area contributed by atoms with E-state index >= 15 is 0 Å². The fourth-order valence-electron chi connectivity index (χ4n) is 9.59. The van der Waals surface area contributed by atoms with E-state index in [0.717, 1.165) is 27.7 Å². The zero-order chi connectivity index (χ0) is 39.0. The van der Waals surface area contributed by atoms with Crippen LogP contribution in [0.2, 0.25) is 0 Å². The maximum absolute atomic E-state index is 9.73. The second-order valence-electron chi connectivity index (χ2n) is 15.6. The molecular weight excluding hydrogens is 713 g/mol. The molecule has 0 amide bonds. The molecule has 0 aliphatic heterocycles. The number of benzene rings is 11. The Hall–Kier alpha value is -7.99. The predicted molar refractivity (Wildman–Crippen MR) is 249 cm³/mol. The van der Waals surface area contributed by atoms with Gasteiger partial charge in [-0.25, -0.2) is 0 Å². The molecular formula is C57H34N2. The number of nitriles is 1. The summed E-state index contributed by atoms with van der Waals surface area (Å²) in [6, 6.07) is 77.2. The van der Waals surface area contributed by atoms with E-state index in [9.17, 15) is 5.26 Å². The molecule has 2 nitrogen and oxygen atoms in total. The van der Waals surface area contributed by atoms with Crippen LogP contribution in [0, 0.1) is 11.3 Å². The number of fused-ring (bicyclic) bond motifs is 10. The van der Waals surface area contributed by atoms with E-state index < -0.39 is 0 Å². The molecule has 1 aromatic heterocycles. The smallest absolute Gasteiger partial charge is 0.0992 e. The van der Waals surface area contributed by atoms with Crippen molar-refractivity contribution < 1.29 is 0 Å². The highest BCUT2D eigenvalue weighted by molar-refractivity contribution is 6.25. The number of nitrogens with zero attached hydrogens (tertiary/aromatic N) is 2. The van der Waals surface area contributed by atoms with Crippen LogP contribution in [0.3, 0.4) is 0 Å². The first kappa shape index (κ1) is 33.2. The molecule has 59 heavy (non-hydrogen) atoms. The van der Waals surface area contributed by atoms with E-state index in [1.807, 2.05) is 18.2 Å². The maximum atomic E-state index is 9.73. The first-order valence-corrected chi connectivity index (χ1v) is 20.1. The highest BCUT2D eigenvalue weighted by Crippen LogP contribution is 2.44. The highest BCUT2D eigenvalue weighted by atomic mass is 15.0. The van der Waals surface area contributed by atoms with Crippen LogP contribution in [0.4, 0.5) is 0 Å². The van der Waals surface area contributed by atoms with Gasteiger partial charge in [0.05, 0.1) is 22.7 Å². The second kappa shape index (κ2) is 13.0. The van der Waals surface area contributed by atoms with E-state index in [4.69, 9.17) is 0 Å². The summed E-state index contributed by atoms with van der Waals surface area (Å²) in [6.45, 7) is 0. The van der Waals surface area contributed by atoms with Gasteiger partial charge in [0.15, 0.2) is 0 Å². The summed E-state index contributed by atoms with van der Waals surface area (Å²) in [4.78, 5) is 0. The molecule has 0 bridgehead atoms. The Kier molecular flexibility index (Phi) is 7.33. The quantitative estimate of drug-likeness (QED) is 0.165. The van der Waals surface area contributed by atoms with Crippen molar-refractivity contribution in [3.63, 3.8) is 0 Å². The summed E-state index contributed by atoms with van der Waals surface area (Å²) in [5.74, 6) is 0. The molecule has 11 aromatic carbocycles. The molecule has 0 N–H and O–H groups in total. The average Bonchev–Trinajstić information content (AvgIpc) is 3.63. The monoisotopic (exact) mass is 746 g/mol. The van der Waals surface area contributed by atoms with Crippen molar-refractivity contribution in [2.24, 2.45) is 0 Å². The van der Waals surface area contributed by atoms with Crippen LogP contribution in [0.1, 0.15) is 5.56 Å². The van der Waals surface area contributed by atoms with Gasteiger partial charge in [-0.05, 0) is 142 Å². The average molecular weight is 747 g/mol. The third kappa shape index (κ3) is 5.19. The third-order valence-corrected chi connectivity index (χ3v) is 12.4. The van der Waals surface area contributed by atoms with E-state index in [-0.39, 0.29) is 0 Å². The Labute approximate surface area is 341 Å². The van der Waals surface area contributed by atoms with Gasteiger partial charge < -0.3 is 4.57 Å². The van der Waals surface area contributed by atoms with Crippen molar-refractivity contribution in [1.82, 2.24) is 4.57 Å². The van der Waals surface area contributed by atoms with Gasteiger partial charge in [-0.15, -0.1) is 0 Å². The van der Waals surface area contributed by atoms with Crippen molar-refractivity contribution in [1.29, 1.82) is 5.26 Å². The molecule has 12 aromatic rings. The summed E-state index contributed by atoms with van der Waals surface area (Å²) < 4.78 is 2.28. The number of rotatable bonds is 4. The molecule has 0 saturated carbocycles. The van der Waals surface area contributed by atoms with Gasteiger partial charge in [-0.3, -0.25) is 0 Å². The largest absolute Gasteiger partial charge is 0.309 e. The fourth-order valence-corrected chi connectivity index (χ4v) is 9.59. The van der Waals surface area contributed by atoms with Crippen LogP contribution in [-0.2, 0) is 0 Å². The standard InChI is InChI=1S/C57H34N2/c58-35-36-21-27-50-51-28-26-41(32-57(51)59(56(50)29-36)43-13-2-1-3-14-43)39-22-23-40-31-42(25-24-38(40)30-39)52-33-54-49-19-9-8-18-48(49)53(34-55(54)47-17-7-6-16-46(47)52)45-20-10-12-37-11-4-5-15-44(37)45/h1-34H. The Morgan fingerprint density at radius 1 is 0.305 bits per heavy atom. The molecule has 0 spiro atoms. The fraction of sp³-hybridized carbons (Fsp3) is 0. The first-order valence-electron chi connectivity index (χ1n) is 20.1. The predicted octanol–water partition coefficient (Wildman–Crippen LogP) is 15.4. The van der Waals surface area contributed by atoms with Crippen LogP contribution in [0.15, 0.2) is 206 Å². The van der Waals surface area contributed by atoms with Gasteiger partial charge in [0.2, 0.25) is 0 Å². The Balaban J connectivity index is 1.00. The molecule has 0 unspecified atom stereocenters. The normalized spacial score (nSPS) is 11.7. The van der Waals surface area contributed by atoms with Gasteiger partial charge in [-0.1, -0.05) is 152 Å². The van der Waals surface area contributed by atoms with Crippen LogP contribution < -0.4 is 0 Å². The molecule has 0 saturated heterocycles. The minimum absolute atomic E-state index is 0.655. The van der Waals surface area contributed by atoms with Crippen LogP contribution >= 0.6 is 0 Å². The SMILES string of the molecule is N#Cc1ccc2c3ccc(-c4ccc5cc(-c6cc7c8ccccc8c(-c8cccc9ccccc89)cc7c7ccccc67)ccc5c4)cc3n(-c3ccccc3)c2c1. The van der Waals surface area contributed by atoms with Crippen LogP contribution in [0.5, 0.6) is 0 Å². The lowest BCUT2D eigenvalue weighted by molar-refractivity contribution is 1.18. The molecule has 0 aliphatic rings. The van der Waals surface area contributed by atoms with Gasteiger partial charge in [0.1, 0.15) is 0 Å². The number of aromatic nitrogens is 1. The summed E-state index contributed by atoms with van der Waals surface area (Å²) >= 11 is 0. The summed E-state index contributed by atoms with van der Waals surface area (Å²) in [6.07, 6.45) is 0. The van der Waals surface area contributed by atoms with Crippen LogP contribution in [0.25, 0.3) is 115 Å². The number of hydrogen-bond donors (Lipinski definition) is 0. The molecule has 0 fully saturated rings. The van der Waals surface area contributed by atoms with E-state index in [0.29, 0.717) is 5.56 Å². The van der Waals surface area contributed by atoms with Crippen LogP contribution in [-0.4, -0.2) is 4.57 Å². The number of hydrogen-bond acceptors (Lipinski definition) is 1. The molecule has 2 heteroatoms. The molecule has 0 atom stereocenters. The van der Waals surface area contributed by atoms with Gasteiger partial charge >= 0.3 is 0 Å². The lowest BCUT2D eigenvalue weighted by Crippen LogP contribution is -1.93. The lowest BCUT2D eigenvalue weighted by atomic mass is 9.86. The summed E-state index contributed by atoms with van der Waals surface area (Å²) in [5, 5.41) is 24.5. The van der Waals surface area contributed by atoms with Crippen molar-refractivity contribution in [3.05, 3.63) is 212 Å². The molecule has 12 rings (SSSR count). The third-order valence-electron chi connectivity index (χ3n) is 12.4. The molecule has 1 heterocycles. The molecule has 0 aliphatic carbocycles. The molecule has 272 valence electrons. The van der Waals surface area contributed by atoms with E-state index in [2.05, 4.69) is 199 Å². The zero-order valence-electron chi connectivity index (χ0n) is 32.0. The topological polar surface area (TPSA) is 28.7 Å². The summed E-state index contributed by atoms with van der Waals surface area (Å²) in [5.41, 5.74) is 11.2. The van der Waals surface area contributed by atoms with Crippen molar-refractivity contribution in [2.45, 2.75) is 0 Å². The van der Waals surface area contributed by atoms with E-state index in [1.165, 1.54) is 87.1 Å². The Morgan fingerprint density at radius 3 is 1.59 bits per heavy atom. The first-order chi connectivity index (χ1) is 29.2. The minimum atomic E-state index is 0.655. The Bertz CT molecular complexity index is 3730. The maximum Gasteiger partial charge on any atom is 0.0992 e. The number of para-hydroxylation sites is 1. The van der Waals surface area contributed by atoms with E-state index in [1.54, 1.807) is 0 Å². The highest BCUT2D eigenvalue weighted by Gasteiger charge is 2.17. The van der Waals surface area contributed by atoms with Gasteiger partial charge in [0.25, 0.3) is 0 Å². The summed E-state index contributed by atoms with van der Waals surface area (Å²) in [7, 11) is 0. The van der Waals surface area contributed by atoms with Crippen molar-refractivity contribution >= 4 is 75.7 Å². The molecule has 0 radical (unpaired) electrons. The van der Waals surface area contributed by atoms with Crippen molar-refractivity contribution in [2.75, 3.05) is 0 Å². The zero-order valence-corrected chi connectivity index (χ0v) is 32.0. The van der Waals surface area contributed by atoms with Gasteiger partial charge in [0, 0.05) is 16.5 Å². The second-order valence-corrected chi connectivity index (χ2v) is 15.6. The minimum Gasteiger partial charge on any atom is -0.309 e.